The molecule has 1 aliphatic rings. The Morgan fingerprint density at radius 1 is 1.21 bits per heavy atom. The summed E-state index contributed by atoms with van der Waals surface area (Å²) in [4.78, 5) is 19.9. The predicted octanol–water partition coefficient (Wildman–Crippen LogP) is 6.21. The molecule has 28 heavy (non-hydrogen) atoms. The van der Waals surface area contributed by atoms with Crippen molar-refractivity contribution in [3.63, 3.8) is 0 Å². The largest absolute Gasteiger partial charge is 0.481 e. The van der Waals surface area contributed by atoms with Gasteiger partial charge >= 0.3 is 5.97 Å². The molecule has 1 N–H and O–H groups in total. The third-order valence-corrected chi connectivity index (χ3v) is 7.33. The van der Waals surface area contributed by atoms with Gasteiger partial charge in [0.25, 0.3) is 0 Å². The summed E-state index contributed by atoms with van der Waals surface area (Å²) in [6.07, 6.45) is 4.77. The Labute approximate surface area is 170 Å². The molecule has 4 heteroatoms. The van der Waals surface area contributed by atoms with Crippen molar-refractivity contribution in [2.75, 3.05) is 0 Å². The smallest absolute Gasteiger partial charge is 0.313 e. The lowest BCUT2D eigenvalue weighted by molar-refractivity contribution is -0.143. The Balaban J connectivity index is 2.14. The third-order valence-electron chi connectivity index (χ3n) is 6.15. The van der Waals surface area contributed by atoms with Gasteiger partial charge in [0.15, 0.2) is 0 Å². The van der Waals surface area contributed by atoms with Crippen LogP contribution >= 0.6 is 11.3 Å². The highest BCUT2D eigenvalue weighted by molar-refractivity contribution is 7.19. The van der Waals surface area contributed by atoms with Crippen LogP contribution in [0.4, 0.5) is 0 Å². The average Bonchev–Trinajstić information content (AvgIpc) is 3.22. The van der Waals surface area contributed by atoms with E-state index in [1.165, 1.54) is 27.8 Å². The van der Waals surface area contributed by atoms with E-state index in [9.17, 15) is 9.90 Å². The second-order valence-corrected chi connectivity index (χ2v) is 9.32. The molecule has 1 aliphatic carbocycles. The van der Waals surface area contributed by atoms with E-state index in [0.717, 1.165) is 46.5 Å². The van der Waals surface area contributed by atoms with Gasteiger partial charge < -0.3 is 5.11 Å². The SMILES string of the molecule is CCCC(C)(C(=O)O)c1c(C)nc2sc3c(c2c1-c1ccc(C)cc1)CCC3. The molecule has 0 saturated heterocycles. The van der Waals surface area contributed by atoms with Crippen LogP contribution < -0.4 is 0 Å². The number of carbonyl (C=O) groups is 1. The Morgan fingerprint density at radius 2 is 1.93 bits per heavy atom. The third kappa shape index (κ3) is 2.86. The molecule has 2 heterocycles. The number of hydrogen-bond donors (Lipinski definition) is 1. The van der Waals surface area contributed by atoms with Gasteiger partial charge in [0.1, 0.15) is 4.83 Å². The first-order valence-corrected chi connectivity index (χ1v) is 10.9. The van der Waals surface area contributed by atoms with Crippen LogP contribution in [0.2, 0.25) is 0 Å². The summed E-state index contributed by atoms with van der Waals surface area (Å²) in [5.74, 6) is -0.765. The first kappa shape index (κ1) is 19.1. The summed E-state index contributed by atoms with van der Waals surface area (Å²) in [5, 5.41) is 11.4. The predicted molar refractivity (Wildman–Crippen MR) is 116 cm³/mol. The van der Waals surface area contributed by atoms with Crippen molar-refractivity contribution in [2.45, 2.75) is 65.2 Å². The molecule has 0 radical (unpaired) electrons. The summed E-state index contributed by atoms with van der Waals surface area (Å²) in [6, 6.07) is 8.51. The normalized spacial score (nSPS) is 15.6. The second-order valence-electron chi connectivity index (χ2n) is 8.24. The highest BCUT2D eigenvalue weighted by Gasteiger charge is 2.40. The van der Waals surface area contributed by atoms with Gasteiger partial charge in [0.2, 0.25) is 0 Å². The molecular formula is C24H27NO2S. The van der Waals surface area contributed by atoms with Crippen LogP contribution in [-0.2, 0) is 23.1 Å². The van der Waals surface area contributed by atoms with E-state index < -0.39 is 11.4 Å². The molecule has 146 valence electrons. The van der Waals surface area contributed by atoms with E-state index in [1.54, 1.807) is 11.3 Å². The summed E-state index contributed by atoms with van der Waals surface area (Å²) >= 11 is 1.80. The van der Waals surface area contributed by atoms with Gasteiger partial charge in [0, 0.05) is 16.0 Å². The number of thiophene rings is 1. The number of aryl methyl sites for hydroxylation is 4. The van der Waals surface area contributed by atoms with E-state index in [4.69, 9.17) is 4.98 Å². The molecule has 3 nitrogen and oxygen atoms in total. The monoisotopic (exact) mass is 393 g/mol. The van der Waals surface area contributed by atoms with Crippen molar-refractivity contribution >= 4 is 27.5 Å². The van der Waals surface area contributed by atoms with Crippen molar-refractivity contribution in [3.8, 4) is 11.1 Å². The topological polar surface area (TPSA) is 50.2 Å². The average molecular weight is 394 g/mol. The minimum atomic E-state index is -0.951. The van der Waals surface area contributed by atoms with Crippen molar-refractivity contribution in [2.24, 2.45) is 0 Å². The number of nitrogens with zero attached hydrogens (tertiary/aromatic N) is 1. The molecule has 0 spiro atoms. The molecule has 0 saturated carbocycles. The number of carboxylic acid groups (broad SMARTS) is 1. The molecule has 3 aromatic rings. The number of pyridine rings is 1. The molecule has 0 aliphatic heterocycles. The lowest BCUT2D eigenvalue weighted by Crippen LogP contribution is -2.34. The van der Waals surface area contributed by atoms with Crippen LogP contribution in [0, 0.1) is 13.8 Å². The number of hydrogen-bond acceptors (Lipinski definition) is 3. The fraction of sp³-hybridized carbons (Fsp3) is 0.417. The number of benzene rings is 1. The first-order valence-electron chi connectivity index (χ1n) is 10.1. The maximum atomic E-state index is 12.5. The van der Waals surface area contributed by atoms with Gasteiger partial charge in [0.05, 0.1) is 5.41 Å². The zero-order valence-electron chi connectivity index (χ0n) is 17.1. The standard InChI is InChI=1S/C24H27NO2S/c1-5-13-24(4,23(26)27)21-15(3)25-22-20(17-7-6-8-18(17)28-22)19(21)16-11-9-14(2)10-12-16/h9-12H,5-8,13H2,1-4H3,(H,26,27). The molecule has 1 atom stereocenters. The van der Waals surface area contributed by atoms with Gasteiger partial charge in [-0.3, -0.25) is 4.79 Å². The fourth-order valence-corrected chi connectivity index (χ4v) is 6.08. The summed E-state index contributed by atoms with van der Waals surface area (Å²) < 4.78 is 0. The van der Waals surface area contributed by atoms with Crippen molar-refractivity contribution in [1.82, 2.24) is 4.98 Å². The van der Waals surface area contributed by atoms with E-state index >= 15 is 0 Å². The van der Waals surface area contributed by atoms with Crippen LogP contribution in [-0.4, -0.2) is 16.1 Å². The van der Waals surface area contributed by atoms with E-state index in [2.05, 4.69) is 38.1 Å². The van der Waals surface area contributed by atoms with Gasteiger partial charge in [-0.25, -0.2) is 4.98 Å². The molecule has 0 amide bonds. The number of rotatable bonds is 5. The highest BCUT2D eigenvalue weighted by atomic mass is 32.1. The van der Waals surface area contributed by atoms with Crippen molar-refractivity contribution in [1.29, 1.82) is 0 Å². The van der Waals surface area contributed by atoms with Gasteiger partial charge in [-0.2, -0.15) is 0 Å². The second kappa shape index (κ2) is 7.00. The highest BCUT2D eigenvalue weighted by Crippen LogP contribution is 2.47. The van der Waals surface area contributed by atoms with Crippen molar-refractivity contribution < 1.29 is 9.90 Å². The summed E-state index contributed by atoms with van der Waals surface area (Å²) in [5.41, 5.74) is 5.60. The summed E-state index contributed by atoms with van der Waals surface area (Å²) in [7, 11) is 0. The zero-order valence-corrected chi connectivity index (χ0v) is 17.9. The minimum Gasteiger partial charge on any atom is -0.481 e. The summed E-state index contributed by atoms with van der Waals surface area (Å²) in [6.45, 7) is 7.99. The lowest BCUT2D eigenvalue weighted by Gasteiger charge is -2.29. The van der Waals surface area contributed by atoms with Gasteiger partial charge in [-0.05, 0) is 68.7 Å². The Kier molecular flexibility index (Phi) is 4.78. The Morgan fingerprint density at radius 3 is 2.57 bits per heavy atom. The van der Waals surface area contributed by atoms with E-state index in [-0.39, 0.29) is 0 Å². The minimum absolute atomic E-state index is 0.599. The van der Waals surface area contributed by atoms with Crippen LogP contribution in [0.15, 0.2) is 24.3 Å². The molecule has 4 rings (SSSR count). The molecule has 1 unspecified atom stereocenters. The van der Waals surface area contributed by atoms with E-state index in [0.29, 0.717) is 6.42 Å². The van der Waals surface area contributed by atoms with E-state index in [1.807, 2.05) is 13.8 Å². The van der Waals surface area contributed by atoms with Crippen LogP contribution in [0.3, 0.4) is 0 Å². The van der Waals surface area contributed by atoms with Gasteiger partial charge in [-0.1, -0.05) is 43.2 Å². The molecule has 0 bridgehead atoms. The molecular weight excluding hydrogens is 366 g/mol. The maximum absolute atomic E-state index is 12.5. The molecule has 0 fully saturated rings. The quantitative estimate of drug-likeness (QED) is 0.560. The molecule has 1 aromatic carbocycles. The number of fused-ring (bicyclic) bond motifs is 3. The number of aromatic nitrogens is 1. The van der Waals surface area contributed by atoms with Crippen LogP contribution in [0.5, 0.6) is 0 Å². The Bertz CT molecular complexity index is 1060. The number of carboxylic acids is 1. The number of aliphatic carboxylic acids is 1. The fourth-order valence-electron chi connectivity index (χ4n) is 4.76. The zero-order chi connectivity index (χ0) is 20.1. The Hall–Kier alpha value is -2.20. The first-order chi connectivity index (χ1) is 13.4. The van der Waals surface area contributed by atoms with Crippen molar-refractivity contribution in [3.05, 3.63) is 51.5 Å². The maximum Gasteiger partial charge on any atom is 0.313 e. The molecule has 2 aromatic heterocycles. The van der Waals surface area contributed by atoms with Crippen LogP contribution in [0.25, 0.3) is 21.3 Å². The van der Waals surface area contributed by atoms with Crippen LogP contribution in [0.1, 0.15) is 60.4 Å². The van der Waals surface area contributed by atoms with Gasteiger partial charge in [-0.15, -0.1) is 11.3 Å². The lowest BCUT2D eigenvalue weighted by atomic mass is 9.73.